The van der Waals surface area contributed by atoms with E-state index in [1.165, 1.54) is 12.0 Å². The summed E-state index contributed by atoms with van der Waals surface area (Å²) in [6.07, 6.45) is 0. The van der Waals surface area contributed by atoms with Crippen LogP contribution in [0.25, 0.3) is 5.76 Å². The van der Waals surface area contributed by atoms with E-state index in [2.05, 4.69) is 0 Å². The van der Waals surface area contributed by atoms with Crippen molar-refractivity contribution in [1.82, 2.24) is 4.90 Å². The number of nitrogens with zero attached hydrogens (tertiary/aromatic N) is 1. The Morgan fingerprint density at radius 3 is 2.38 bits per heavy atom. The summed E-state index contributed by atoms with van der Waals surface area (Å²) < 4.78 is 5.07. The lowest BCUT2D eigenvalue weighted by Crippen LogP contribution is -2.32. The number of carbonyl (C=O) groups is 2. The van der Waals surface area contributed by atoms with Crippen molar-refractivity contribution in [2.75, 3.05) is 20.3 Å². The second kappa shape index (κ2) is 7.72. The second-order valence-electron chi connectivity index (χ2n) is 5.90. The maximum absolute atomic E-state index is 12.7. The molecule has 1 aliphatic heterocycles. The van der Waals surface area contributed by atoms with Crippen molar-refractivity contribution in [3.05, 3.63) is 76.3 Å². The SMILES string of the molecule is COCCN1C(=O)C(=O)/C(=C(/O)c2ccccc2)[C@@H]1c1ccc(Cl)cc1. The van der Waals surface area contributed by atoms with E-state index >= 15 is 0 Å². The van der Waals surface area contributed by atoms with Crippen LogP contribution in [0.1, 0.15) is 17.2 Å². The van der Waals surface area contributed by atoms with Gasteiger partial charge < -0.3 is 14.7 Å². The van der Waals surface area contributed by atoms with Gasteiger partial charge in [-0.1, -0.05) is 54.1 Å². The molecule has 0 aromatic heterocycles. The average molecular weight is 372 g/mol. The van der Waals surface area contributed by atoms with Crippen molar-refractivity contribution in [2.24, 2.45) is 0 Å². The highest BCUT2D eigenvalue weighted by molar-refractivity contribution is 6.46. The summed E-state index contributed by atoms with van der Waals surface area (Å²) in [5.41, 5.74) is 1.25. The summed E-state index contributed by atoms with van der Waals surface area (Å²) in [4.78, 5) is 26.6. The van der Waals surface area contributed by atoms with Crippen molar-refractivity contribution >= 4 is 29.1 Å². The zero-order chi connectivity index (χ0) is 18.7. The van der Waals surface area contributed by atoms with Crippen LogP contribution < -0.4 is 0 Å². The average Bonchev–Trinajstić information content (AvgIpc) is 2.91. The third-order valence-corrected chi connectivity index (χ3v) is 4.56. The number of carbonyl (C=O) groups excluding carboxylic acids is 2. The van der Waals surface area contributed by atoms with Crippen LogP contribution in [0.4, 0.5) is 0 Å². The van der Waals surface area contributed by atoms with Gasteiger partial charge in [0.15, 0.2) is 0 Å². The highest BCUT2D eigenvalue weighted by Crippen LogP contribution is 2.39. The molecule has 1 atom stereocenters. The number of ketones is 1. The molecule has 1 aliphatic rings. The summed E-state index contributed by atoms with van der Waals surface area (Å²) in [5.74, 6) is -1.55. The molecule has 1 saturated heterocycles. The molecule has 0 bridgehead atoms. The van der Waals surface area contributed by atoms with Crippen molar-refractivity contribution < 1.29 is 19.4 Å². The zero-order valence-corrected chi connectivity index (χ0v) is 14.9. The van der Waals surface area contributed by atoms with Crippen molar-refractivity contribution in [2.45, 2.75) is 6.04 Å². The fourth-order valence-corrected chi connectivity index (χ4v) is 3.17. The molecule has 1 amide bonds. The van der Waals surface area contributed by atoms with Crippen molar-refractivity contribution in [3.63, 3.8) is 0 Å². The second-order valence-corrected chi connectivity index (χ2v) is 6.34. The topological polar surface area (TPSA) is 66.8 Å². The Balaban J connectivity index is 2.15. The predicted molar refractivity (Wildman–Crippen MR) is 98.8 cm³/mol. The van der Waals surface area contributed by atoms with E-state index < -0.39 is 17.7 Å². The number of halogens is 1. The molecule has 1 heterocycles. The van der Waals surface area contributed by atoms with E-state index in [4.69, 9.17) is 16.3 Å². The molecular weight excluding hydrogens is 354 g/mol. The Morgan fingerprint density at radius 1 is 1.12 bits per heavy atom. The molecule has 0 radical (unpaired) electrons. The number of ether oxygens (including phenoxy) is 1. The van der Waals surface area contributed by atoms with Crippen LogP contribution in [-0.4, -0.2) is 42.0 Å². The number of hydrogen-bond acceptors (Lipinski definition) is 4. The summed E-state index contributed by atoms with van der Waals surface area (Å²) in [6.45, 7) is 0.516. The molecule has 1 N–H and O–H groups in total. The molecule has 6 heteroatoms. The first-order chi connectivity index (χ1) is 12.5. The standard InChI is InChI=1S/C20H18ClNO4/c1-26-12-11-22-17(13-7-9-15(21)10-8-13)16(19(24)20(22)25)18(23)14-5-3-2-4-6-14/h2-10,17,23H,11-12H2,1H3/b18-16+/t17-/m0/s1. The number of benzene rings is 2. The molecule has 5 nitrogen and oxygen atoms in total. The summed E-state index contributed by atoms with van der Waals surface area (Å²) in [7, 11) is 1.53. The Hall–Kier alpha value is -2.63. The normalized spacial score (nSPS) is 19.2. The van der Waals surface area contributed by atoms with Gasteiger partial charge in [-0.05, 0) is 17.7 Å². The quantitative estimate of drug-likeness (QED) is 0.497. The molecule has 0 unspecified atom stereocenters. The Morgan fingerprint density at radius 2 is 1.77 bits per heavy atom. The molecule has 1 fully saturated rings. The van der Waals surface area contributed by atoms with Crippen LogP contribution in [0.3, 0.4) is 0 Å². The molecule has 0 spiro atoms. The lowest BCUT2D eigenvalue weighted by Gasteiger charge is -2.25. The zero-order valence-electron chi connectivity index (χ0n) is 14.2. The first-order valence-corrected chi connectivity index (χ1v) is 8.50. The van der Waals surface area contributed by atoms with Crippen LogP contribution >= 0.6 is 11.6 Å². The van der Waals surface area contributed by atoms with Gasteiger partial charge in [0.05, 0.1) is 18.2 Å². The van der Waals surface area contributed by atoms with Gasteiger partial charge in [0.2, 0.25) is 0 Å². The van der Waals surface area contributed by atoms with E-state index in [1.807, 2.05) is 6.07 Å². The van der Waals surface area contributed by atoms with Gasteiger partial charge in [0.1, 0.15) is 5.76 Å². The molecular formula is C20H18ClNO4. The molecule has 3 rings (SSSR count). The van der Waals surface area contributed by atoms with Gasteiger partial charge in [0.25, 0.3) is 11.7 Å². The Bertz CT molecular complexity index is 846. The number of methoxy groups -OCH3 is 1. The number of hydrogen-bond donors (Lipinski definition) is 1. The highest BCUT2D eigenvalue weighted by atomic mass is 35.5. The minimum absolute atomic E-state index is 0.0691. The number of amides is 1. The first-order valence-electron chi connectivity index (χ1n) is 8.13. The van der Waals surface area contributed by atoms with Crippen molar-refractivity contribution in [1.29, 1.82) is 0 Å². The van der Waals surface area contributed by atoms with Crippen molar-refractivity contribution in [3.8, 4) is 0 Å². The lowest BCUT2D eigenvalue weighted by molar-refractivity contribution is -0.140. The smallest absolute Gasteiger partial charge is 0.295 e. The van der Waals surface area contributed by atoms with Crippen LogP contribution in [0, 0.1) is 0 Å². The number of rotatable bonds is 5. The number of aliphatic hydroxyl groups is 1. The minimum Gasteiger partial charge on any atom is -0.507 e. The fraction of sp³-hybridized carbons (Fsp3) is 0.200. The van der Waals surface area contributed by atoms with Crippen LogP contribution in [0.5, 0.6) is 0 Å². The molecule has 134 valence electrons. The van der Waals surface area contributed by atoms with E-state index in [-0.39, 0.29) is 24.5 Å². The highest BCUT2D eigenvalue weighted by Gasteiger charge is 2.45. The summed E-state index contributed by atoms with van der Waals surface area (Å²) >= 11 is 5.96. The van der Waals surface area contributed by atoms with E-state index in [0.29, 0.717) is 16.1 Å². The Kier molecular flexibility index (Phi) is 5.40. The van der Waals surface area contributed by atoms with Gasteiger partial charge in [0, 0.05) is 24.2 Å². The van der Waals surface area contributed by atoms with Crippen LogP contribution in [-0.2, 0) is 14.3 Å². The maximum atomic E-state index is 12.7. The van der Waals surface area contributed by atoms with Crippen LogP contribution in [0.2, 0.25) is 5.02 Å². The molecule has 2 aromatic rings. The van der Waals surface area contributed by atoms with Crippen LogP contribution in [0.15, 0.2) is 60.2 Å². The van der Waals surface area contributed by atoms with Gasteiger partial charge in [-0.15, -0.1) is 0 Å². The minimum atomic E-state index is -0.706. The maximum Gasteiger partial charge on any atom is 0.295 e. The summed E-state index contributed by atoms with van der Waals surface area (Å²) in [6, 6.07) is 14.9. The number of Topliss-reactive ketones (excluding diaryl/α,β-unsaturated/α-hetero) is 1. The van der Waals surface area contributed by atoms with Gasteiger partial charge in [-0.3, -0.25) is 9.59 Å². The first kappa shape index (κ1) is 18.2. The molecule has 0 saturated carbocycles. The third kappa shape index (κ3) is 3.36. The predicted octanol–water partition coefficient (Wildman–Crippen LogP) is 3.41. The molecule has 0 aliphatic carbocycles. The monoisotopic (exact) mass is 371 g/mol. The molecule has 26 heavy (non-hydrogen) atoms. The summed E-state index contributed by atoms with van der Waals surface area (Å²) in [5, 5.41) is 11.3. The number of aliphatic hydroxyl groups excluding tert-OH is 1. The van der Waals surface area contributed by atoms with Gasteiger partial charge in [-0.25, -0.2) is 0 Å². The largest absolute Gasteiger partial charge is 0.507 e. The van der Waals surface area contributed by atoms with E-state index in [9.17, 15) is 14.7 Å². The number of likely N-dealkylation sites (tertiary alicyclic amines) is 1. The van der Waals surface area contributed by atoms with Gasteiger partial charge in [-0.2, -0.15) is 0 Å². The van der Waals surface area contributed by atoms with E-state index in [0.717, 1.165) is 0 Å². The molecule has 2 aromatic carbocycles. The fourth-order valence-electron chi connectivity index (χ4n) is 3.04. The van der Waals surface area contributed by atoms with E-state index in [1.54, 1.807) is 48.5 Å². The Labute approximate surface area is 156 Å². The van der Waals surface area contributed by atoms with Gasteiger partial charge >= 0.3 is 0 Å². The third-order valence-electron chi connectivity index (χ3n) is 4.31. The lowest BCUT2D eigenvalue weighted by atomic mass is 9.95.